The number of imidazole rings is 1. The van der Waals surface area contributed by atoms with Gasteiger partial charge in [0.2, 0.25) is 53.2 Å². The number of carboxylic acid groups (broad SMARTS) is 1. The number of rotatable bonds is 48. The number of alkyl carbamates (subject to hydrolysis) is 1. The second kappa shape index (κ2) is 52.4. The third-order valence-corrected chi connectivity index (χ3v) is 27.2. The molecule has 0 saturated carbocycles. The number of hydrogen-bond donors (Lipinski definition) is 13. The van der Waals surface area contributed by atoms with Gasteiger partial charge in [-0.05, 0) is 213 Å². The predicted molar refractivity (Wildman–Crippen MR) is 555 cm³/mol. The van der Waals surface area contributed by atoms with Crippen molar-refractivity contribution in [2.45, 2.75) is 287 Å². The largest absolute Gasteiger partial charge is 0.487 e. The maximum Gasteiger partial charge on any atom is 0.408 e. The Morgan fingerprint density at radius 2 is 1.00 bits per heavy atom. The molecule has 39 nitrogen and oxygen atoms in total. The van der Waals surface area contributed by atoms with E-state index in [-0.39, 0.29) is 35.0 Å². The lowest BCUT2D eigenvalue weighted by Gasteiger charge is -2.37. The zero-order valence-corrected chi connectivity index (χ0v) is 88.8. The molecular weight excluding hydrogens is 1960 g/mol. The van der Waals surface area contributed by atoms with Crippen molar-refractivity contribution in [1.82, 2.24) is 67.4 Å². The second-order valence-corrected chi connectivity index (χ2v) is 44.3. The lowest BCUT2D eigenvalue weighted by atomic mass is 9.77. The van der Waals surface area contributed by atoms with Gasteiger partial charge in [0.1, 0.15) is 94.7 Å². The van der Waals surface area contributed by atoms with E-state index >= 15 is 24.0 Å². The lowest BCUT2D eigenvalue weighted by Crippen LogP contribution is -2.61. The van der Waals surface area contributed by atoms with Crippen molar-refractivity contribution in [1.29, 1.82) is 5.41 Å². The van der Waals surface area contributed by atoms with Crippen molar-refractivity contribution in [2.24, 2.45) is 0 Å². The van der Waals surface area contributed by atoms with Crippen molar-refractivity contribution in [3.8, 4) is 5.75 Å². The number of aliphatic carboxylic acids is 1. The highest BCUT2D eigenvalue weighted by atomic mass is 33.1. The second-order valence-electron chi connectivity index (χ2n) is 40.3. The summed E-state index contributed by atoms with van der Waals surface area (Å²) in [4.78, 5) is 207. The Kier molecular flexibility index (Phi) is 41.5. The molecule has 1 aliphatic heterocycles. The third-order valence-electron chi connectivity index (χ3n) is 23.2. The summed E-state index contributed by atoms with van der Waals surface area (Å²) in [5.41, 5.74) is -1.08. The van der Waals surface area contributed by atoms with Gasteiger partial charge in [-0.2, -0.15) is 0 Å². The number of nitrogens with zero attached hydrogens (tertiary/aromatic N) is 3. The molecule has 8 aromatic rings. The molecule has 1 unspecified atom stereocenters. The van der Waals surface area contributed by atoms with E-state index in [1.165, 1.54) is 25.4 Å². The summed E-state index contributed by atoms with van der Waals surface area (Å²) in [5.74, 6) is -13.6. The summed E-state index contributed by atoms with van der Waals surface area (Å²) < 4.78 is 68.5. The number of nitrogens with one attached hydrogen (secondary N) is 12. The number of aromatic nitrogens is 2. The normalized spacial score (nSPS) is 14.3. The summed E-state index contributed by atoms with van der Waals surface area (Å²) in [6.07, 6.45) is -2.68. The van der Waals surface area contributed by atoms with Crippen LogP contribution in [0.2, 0.25) is 0 Å². The summed E-state index contributed by atoms with van der Waals surface area (Å²) in [6.45, 7) is 27.3. The number of nitro groups is 1. The molecule has 1 aliphatic rings. The maximum absolute atomic E-state index is 16.2. The van der Waals surface area contributed by atoms with Crippen LogP contribution in [0.5, 0.6) is 5.75 Å². The van der Waals surface area contributed by atoms with Crippen LogP contribution in [0.3, 0.4) is 0 Å². The summed E-state index contributed by atoms with van der Waals surface area (Å²) >= 11 is 0. The smallest absolute Gasteiger partial charge is 0.408 e. The Balaban J connectivity index is 1.10. The van der Waals surface area contributed by atoms with Crippen molar-refractivity contribution in [3.63, 3.8) is 0 Å². The Morgan fingerprint density at radius 3 is 1.53 bits per heavy atom. The van der Waals surface area contributed by atoms with Crippen molar-refractivity contribution in [3.05, 3.63) is 254 Å². The molecule has 2 heterocycles. The molecule has 0 aliphatic carbocycles. The quantitative estimate of drug-likeness (QED) is 0.00194. The van der Waals surface area contributed by atoms with Gasteiger partial charge in [-0.3, -0.25) is 73.1 Å². The molecule has 0 spiro atoms. The van der Waals surface area contributed by atoms with Gasteiger partial charge in [0.25, 0.3) is 15.7 Å². The molecule has 0 radical (unpaired) electrons. The molecule has 796 valence electrons. The van der Waals surface area contributed by atoms with E-state index in [0.29, 0.717) is 56.9 Å². The third kappa shape index (κ3) is 35.5. The van der Waals surface area contributed by atoms with Crippen LogP contribution < -0.4 is 62.6 Å². The molecule has 1 aromatic heterocycles. The fourth-order valence-corrected chi connectivity index (χ4v) is 20.0. The van der Waals surface area contributed by atoms with E-state index in [2.05, 4.69) is 57.9 Å². The standard InChI is InChI=1S/C106H135N15O24S3/c1-64-65(2)90(66(3)74-52-53-105(17,18)145-89(64)74)148(138,139)119-99(107)108-54-36-47-75(93(129)115-78(56-73-60-120(63-110-73)106(70-41-28-21-29-42-70,71-43-30-22-31-44-71)72-45-32-23-33-46-72)97(133)116-79(57-87(125)143-103(11,12)13)98(134)117-81(61-140-101(5,6)7)92(128)109-59-85(122)123)113-96(132)77(55-68-37-24-19-25-38-68)114-94(130)76(50-51-86(124)142-102(8,9)10)112-91(127)67(4)111-95(131)80(58-88(126)144-104(14,15)16)118-100(135)141-83(69-39-26-20-27-40-69)62-146-147-84-49-35-34-48-82(84)121(136)137/h19-35,37-46,48-49,60,63,67,75-81,83H,36,47,50-59,61-62H2,1-18H3,(H,109,128)(H,111,131)(H,112,127)(H,113,132)(H,114,130)(H,115,129)(H,116,133)(H,117,134)(H,118,135)(H,122,123)(H3,107,108,119)/t67-,75-,76-,77-,78-,79-,80-,81-,83?/m0/s1. The van der Waals surface area contributed by atoms with Crippen LogP contribution in [0, 0.1) is 36.3 Å². The zero-order chi connectivity index (χ0) is 109. The van der Waals surface area contributed by atoms with Crippen molar-refractivity contribution < 1.29 is 109 Å². The molecule has 42 heteroatoms. The number of carbonyl (C=O) groups is 13. The number of benzene rings is 7. The first-order valence-corrected chi connectivity index (χ1v) is 52.2. The number of carboxylic acids is 1. The lowest BCUT2D eigenvalue weighted by molar-refractivity contribution is -0.387. The molecule has 0 fully saturated rings. The highest BCUT2D eigenvalue weighted by Gasteiger charge is 2.43. The minimum Gasteiger partial charge on any atom is -0.487 e. The number of nitro benzene ring substituents is 1. The van der Waals surface area contributed by atoms with E-state index < -0.39 is 244 Å². The molecule has 7 aromatic carbocycles. The first-order chi connectivity index (χ1) is 69.5. The van der Waals surface area contributed by atoms with Crippen LogP contribution in [0.1, 0.15) is 211 Å². The van der Waals surface area contributed by atoms with Gasteiger partial charge in [-0.1, -0.05) is 185 Å². The fourth-order valence-electron chi connectivity index (χ4n) is 16.2. The zero-order valence-electron chi connectivity index (χ0n) is 86.4. The molecule has 0 bridgehead atoms. The van der Waals surface area contributed by atoms with Crippen molar-refractivity contribution in [2.75, 3.05) is 25.4 Å². The summed E-state index contributed by atoms with van der Waals surface area (Å²) in [7, 11) is -2.37. The Hall–Kier alpha value is -14.3. The average Bonchev–Trinajstić information content (AvgIpc) is 1.47. The van der Waals surface area contributed by atoms with E-state index in [1.54, 1.807) is 183 Å². The number of fused-ring (bicyclic) bond motifs is 1. The number of sulfonamides is 1. The first kappa shape index (κ1) is 117. The van der Waals surface area contributed by atoms with E-state index in [0.717, 1.165) is 38.3 Å². The number of amides is 9. The van der Waals surface area contributed by atoms with Gasteiger partial charge in [-0.15, -0.1) is 0 Å². The maximum atomic E-state index is 16.2. The number of guanidine groups is 1. The summed E-state index contributed by atoms with van der Waals surface area (Å²) in [5, 5.41) is 56.4. The van der Waals surface area contributed by atoms with Gasteiger partial charge in [-0.25, -0.2) is 22.9 Å². The first-order valence-electron chi connectivity index (χ1n) is 48.4. The molecule has 9 atom stereocenters. The van der Waals surface area contributed by atoms with Gasteiger partial charge >= 0.3 is 30.0 Å². The SMILES string of the molecule is Cc1c(C)c(S(=O)(=O)NC(=N)NCCC[C@H](NC(=O)[C@H](Cc2ccccc2)NC(=O)[C@H](CCC(=O)OC(C)(C)C)NC(=O)[C@H](C)NC(=O)[C@H](CC(=O)OC(C)(C)C)NC(=O)OC(CSSc2ccccc2[N+](=O)[O-])c2ccccc2)C(=O)N[C@@H](Cc2cn(C(c3ccccc3)(c3ccccc3)c3ccccc3)cn2)C(=O)N[C@@H](CC(=O)OC(C)(C)C)C(=O)N[C@@H](COC(C)(C)C)C(=O)NCC(=O)O)c(C)c2c1OC(C)(C)CC2. The van der Waals surface area contributed by atoms with E-state index in [1.807, 2.05) is 109 Å². The van der Waals surface area contributed by atoms with Gasteiger partial charge in [0.15, 0.2) is 0 Å². The topological polar surface area (TPSA) is 549 Å². The molecule has 9 rings (SSSR count). The van der Waals surface area contributed by atoms with Gasteiger partial charge in [0.05, 0.1) is 51.8 Å². The number of para-hydroxylation sites is 1. The fraction of sp³-hybridized carbons (Fsp3) is 0.443. The Bertz CT molecular complexity index is 6060. The van der Waals surface area contributed by atoms with Gasteiger partial charge < -0.3 is 91.3 Å². The Morgan fingerprint density at radius 1 is 0.541 bits per heavy atom. The Labute approximate surface area is 869 Å². The molecule has 13 N–H and O–H groups in total. The van der Waals surface area contributed by atoms with Crippen LogP contribution in [0.15, 0.2) is 198 Å². The molecule has 0 saturated heterocycles. The molecule has 9 amide bonds. The number of carbonyl (C=O) groups excluding carboxylic acids is 12. The highest BCUT2D eigenvalue weighted by Crippen LogP contribution is 2.45. The van der Waals surface area contributed by atoms with E-state index in [9.17, 15) is 62.0 Å². The number of esters is 3. The van der Waals surface area contributed by atoms with Crippen LogP contribution in [0.4, 0.5) is 10.5 Å². The minimum atomic E-state index is -4.55. The van der Waals surface area contributed by atoms with Crippen LogP contribution in [-0.2, 0) is 116 Å². The van der Waals surface area contributed by atoms with Crippen LogP contribution in [0.25, 0.3) is 0 Å². The number of ether oxygens (including phenoxy) is 6. The van der Waals surface area contributed by atoms with Crippen LogP contribution >= 0.6 is 21.6 Å². The monoisotopic (exact) mass is 2100 g/mol. The average molecular weight is 2100 g/mol. The van der Waals surface area contributed by atoms with Crippen molar-refractivity contribution >= 4 is 120 Å². The predicted octanol–water partition coefficient (Wildman–Crippen LogP) is 11.0. The molecule has 148 heavy (non-hydrogen) atoms. The summed E-state index contributed by atoms with van der Waals surface area (Å²) in [6, 6.07) is 36.2. The van der Waals surface area contributed by atoms with E-state index in [4.69, 9.17) is 38.8 Å². The van der Waals surface area contributed by atoms with Crippen LogP contribution in [-0.4, -0.2) is 213 Å². The highest BCUT2D eigenvalue weighted by molar-refractivity contribution is 8.76. The van der Waals surface area contributed by atoms with Gasteiger partial charge in [0, 0.05) is 43.8 Å². The molecular formula is C106H135N15O24S3. The minimum absolute atomic E-state index is 0.00188. The number of hydrogen-bond acceptors (Lipinski definition) is 27.